The maximum atomic E-state index is 12.3. The van der Waals surface area contributed by atoms with Gasteiger partial charge in [0.05, 0.1) is 4.88 Å². The number of thiophene rings is 1. The van der Waals surface area contributed by atoms with Crippen LogP contribution < -0.4 is 0 Å². The standard InChI is InChI=1S/C21H32N2OS/c1-15(2)17-11-12-23(14-16-7-5-6-8-16)18(13-17)19-9-10-20(25-19)21(24)22(3)4/h9-11,15-16,18H,5-8,12-14H2,1-4H3. The van der Waals surface area contributed by atoms with Gasteiger partial charge in [-0.2, -0.15) is 0 Å². The number of hydrogen-bond donors (Lipinski definition) is 0. The predicted molar refractivity (Wildman–Crippen MR) is 106 cm³/mol. The summed E-state index contributed by atoms with van der Waals surface area (Å²) in [6.45, 7) is 6.86. The quantitative estimate of drug-likeness (QED) is 0.692. The Labute approximate surface area is 156 Å². The van der Waals surface area contributed by atoms with Crippen molar-refractivity contribution in [2.45, 2.75) is 52.0 Å². The molecule has 25 heavy (non-hydrogen) atoms. The minimum Gasteiger partial charge on any atom is -0.344 e. The summed E-state index contributed by atoms with van der Waals surface area (Å²) >= 11 is 1.69. The van der Waals surface area contributed by atoms with Gasteiger partial charge in [-0.15, -0.1) is 11.3 Å². The third-order valence-corrected chi connectivity index (χ3v) is 6.91. The number of amides is 1. The van der Waals surface area contributed by atoms with Crippen molar-refractivity contribution in [2.75, 3.05) is 27.2 Å². The maximum absolute atomic E-state index is 12.3. The van der Waals surface area contributed by atoms with Crippen LogP contribution in [0.3, 0.4) is 0 Å². The Hall–Kier alpha value is -1.13. The van der Waals surface area contributed by atoms with Gasteiger partial charge in [0.25, 0.3) is 5.91 Å². The van der Waals surface area contributed by atoms with Crippen LogP contribution >= 0.6 is 11.3 Å². The van der Waals surface area contributed by atoms with Gasteiger partial charge in [0.2, 0.25) is 0 Å². The van der Waals surface area contributed by atoms with Crippen molar-refractivity contribution in [3.63, 3.8) is 0 Å². The molecule has 1 aliphatic carbocycles. The largest absolute Gasteiger partial charge is 0.344 e. The van der Waals surface area contributed by atoms with Gasteiger partial charge >= 0.3 is 0 Å². The molecule has 138 valence electrons. The van der Waals surface area contributed by atoms with Crippen molar-refractivity contribution in [3.05, 3.63) is 33.5 Å². The Morgan fingerprint density at radius 1 is 1.28 bits per heavy atom. The number of carbonyl (C=O) groups excluding carboxylic acids is 1. The Morgan fingerprint density at radius 3 is 2.64 bits per heavy atom. The average molecular weight is 361 g/mol. The second-order valence-electron chi connectivity index (χ2n) is 8.16. The van der Waals surface area contributed by atoms with Gasteiger partial charge in [0.15, 0.2) is 0 Å². The minimum atomic E-state index is 0.119. The fourth-order valence-electron chi connectivity index (χ4n) is 4.14. The van der Waals surface area contributed by atoms with E-state index < -0.39 is 0 Å². The molecular formula is C21H32N2OS. The molecule has 0 spiro atoms. The van der Waals surface area contributed by atoms with Gasteiger partial charge in [-0.25, -0.2) is 0 Å². The summed E-state index contributed by atoms with van der Waals surface area (Å²) in [7, 11) is 3.66. The summed E-state index contributed by atoms with van der Waals surface area (Å²) < 4.78 is 0. The Kier molecular flexibility index (Phi) is 6.00. The molecule has 1 aliphatic heterocycles. The van der Waals surface area contributed by atoms with Crippen LogP contribution in [0.15, 0.2) is 23.8 Å². The van der Waals surface area contributed by atoms with Crippen LogP contribution in [-0.4, -0.2) is 42.9 Å². The molecule has 0 aromatic carbocycles. The van der Waals surface area contributed by atoms with E-state index >= 15 is 0 Å². The molecule has 3 nitrogen and oxygen atoms in total. The molecule has 1 aromatic heterocycles. The van der Waals surface area contributed by atoms with Crippen molar-refractivity contribution >= 4 is 17.2 Å². The first-order chi connectivity index (χ1) is 12.0. The topological polar surface area (TPSA) is 23.6 Å². The van der Waals surface area contributed by atoms with Crippen LogP contribution in [0.1, 0.15) is 66.5 Å². The predicted octanol–water partition coefficient (Wildman–Crippen LogP) is 4.97. The second kappa shape index (κ2) is 8.05. The molecule has 1 saturated carbocycles. The highest BCUT2D eigenvalue weighted by Crippen LogP contribution is 2.39. The maximum Gasteiger partial charge on any atom is 0.263 e. The van der Waals surface area contributed by atoms with E-state index in [0.29, 0.717) is 12.0 Å². The van der Waals surface area contributed by atoms with E-state index in [-0.39, 0.29) is 5.91 Å². The minimum absolute atomic E-state index is 0.119. The summed E-state index contributed by atoms with van der Waals surface area (Å²) in [5.74, 6) is 1.59. The van der Waals surface area contributed by atoms with Crippen molar-refractivity contribution < 1.29 is 4.79 Å². The lowest BCUT2D eigenvalue weighted by molar-refractivity contribution is 0.0832. The van der Waals surface area contributed by atoms with Crippen LogP contribution in [-0.2, 0) is 0 Å². The van der Waals surface area contributed by atoms with Crippen LogP contribution in [0.2, 0.25) is 0 Å². The fraction of sp³-hybridized carbons (Fsp3) is 0.667. The number of rotatable bonds is 5. The van der Waals surface area contributed by atoms with E-state index in [1.54, 1.807) is 21.8 Å². The van der Waals surface area contributed by atoms with Crippen molar-refractivity contribution in [3.8, 4) is 0 Å². The Bertz CT molecular complexity index is 626. The van der Waals surface area contributed by atoms with Gasteiger partial charge in [-0.05, 0) is 43.2 Å². The molecule has 2 aliphatic rings. The highest BCUT2D eigenvalue weighted by molar-refractivity contribution is 7.14. The zero-order valence-corrected chi connectivity index (χ0v) is 16.9. The first kappa shape index (κ1) is 18.7. The van der Waals surface area contributed by atoms with E-state index in [4.69, 9.17) is 0 Å². The van der Waals surface area contributed by atoms with Gasteiger partial charge in [-0.3, -0.25) is 9.69 Å². The summed E-state index contributed by atoms with van der Waals surface area (Å²) in [4.78, 5) is 18.8. The van der Waals surface area contributed by atoms with Crippen molar-refractivity contribution in [2.24, 2.45) is 11.8 Å². The molecular weight excluding hydrogens is 328 g/mol. The van der Waals surface area contributed by atoms with Crippen LogP contribution in [0.25, 0.3) is 0 Å². The first-order valence-corrected chi connectivity index (χ1v) is 10.5. The molecule has 1 fully saturated rings. The van der Waals surface area contributed by atoms with Crippen molar-refractivity contribution in [1.29, 1.82) is 0 Å². The molecule has 4 heteroatoms. The zero-order chi connectivity index (χ0) is 18.0. The lowest BCUT2D eigenvalue weighted by Crippen LogP contribution is -2.36. The Morgan fingerprint density at radius 2 is 2.00 bits per heavy atom. The van der Waals surface area contributed by atoms with E-state index in [2.05, 4.69) is 30.9 Å². The SMILES string of the molecule is CC(C)C1=CCN(CC2CCCC2)C(c2ccc(C(=O)N(C)C)s2)C1. The fourth-order valence-corrected chi connectivity index (χ4v) is 5.31. The molecule has 0 bridgehead atoms. The summed E-state index contributed by atoms with van der Waals surface area (Å²) in [6, 6.07) is 4.65. The molecule has 0 radical (unpaired) electrons. The van der Waals surface area contributed by atoms with E-state index in [0.717, 1.165) is 23.8 Å². The second-order valence-corrected chi connectivity index (χ2v) is 9.27. The number of hydrogen-bond acceptors (Lipinski definition) is 3. The summed E-state index contributed by atoms with van der Waals surface area (Å²) in [5.41, 5.74) is 1.57. The van der Waals surface area contributed by atoms with Gasteiger partial charge in [-0.1, -0.05) is 38.3 Å². The number of nitrogens with zero attached hydrogens (tertiary/aromatic N) is 2. The lowest BCUT2D eigenvalue weighted by Gasteiger charge is -2.37. The molecule has 1 aromatic rings. The molecule has 1 unspecified atom stereocenters. The highest BCUT2D eigenvalue weighted by atomic mass is 32.1. The van der Waals surface area contributed by atoms with Crippen LogP contribution in [0.5, 0.6) is 0 Å². The van der Waals surface area contributed by atoms with Crippen LogP contribution in [0.4, 0.5) is 0 Å². The third-order valence-electron chi connectivity index (χ3n) is 5.74. The number of carbonyl (C=O) groups is 1. The monoisotopic (exact) mass is 360 g/mol. The molecule has 3 rings (SSSR count). The highest BCUT2D eigenvalue weighted by Gasteiger charge is 2.30. The van der Waals surface area contributed by atoms with E-state index in [9.17, 15) is 4.79 Å². The van der Waals surface area contributed by atoms with Gasteiger partial charge in [0.1, 0.15) is 0 Å². The summed E-state index contributed by atoms with van der Waals surface area (Å²) in [5, 5.41) is 0. The molecule has 0 N–H and O–H groups in total. The van der Waals surface area contributed by atoms with E-state index in [1.807, 2.05) is 20.2 Å². The molecule has 1 amide bonds. The zero-order valence-electron chi connectivity index (χ0n) is 16.1. The van der Waals surface area contributed by atoms with Gasteiger partial charge < -0.3 is 4.90 Å². The molecule has 1 atom stereocenters. The Balaban J connectivity index is 1.80. The molecule has 2 heterocycles. The van der Waals surface area contributed by atoms with Gasteiger partial charge in [0, 0.05) is 38.1 Å². The van der Waals surface area contributed by atoms with Crippen LogP contribution in [0, 0.1) is 11.8 Å². The first-order valence-electron chi connectivity index (χ1n) is 9.70. The van der Waals surface area contributed by atoms with E-state index in [1.165, 1.54) is 37.1 Å². The molecule has 0 saturated heterocycles. The smallest absolute Gasteiger partial charge is 0.263 e. The third kappa shape index (κ3) is 4.35. The summed E-state index contributed by atoms with van der Waals surface area (Å²) in [6.07, 6.45) is 9.14. The lowest BCUT2D eigenvalue weighted by atomic mass is 9.90. The normalized spacial score (nSPS) is 22.4. The average Bonchev–Trinajstić information content (AvgIpc) is 3.25. The van der Waals surface area contributed by atoms with Crippen molar-refractivity contribution in [1.82, 2.24) is 9.80 Å².